The molecule has 0 aliphatic carbocycles. The van der Waals surface area contributed by atoms with Crippen LogP contribution >= 0.6 is 0 Å². The van der Waals surface area contributed by atoms with Gasteiger partial charge in [0, 0.05) is 53.7 Å². The number of fused-ring (bicyclic) bond motifs is 3. The molecule has 2 aromatic heterocycles. The van der Waals surface area contributed by atoms with E-state index in [2.05, 4.69) is 38.8 Å². The molecular formula is C25H34N4O3. The molecule has 1 aromatic carbocycles. The number of nitrogens with zero attached hydrogens (tertiary/aromatic N) is 1. The largest absolute Gasteiger partial charge is 0.444 e. The van der Waals surface area contributed by atoms with Crippen molar-refractivity contribution in [3.8, 4) is 0 Å². The number of unbranched alkanes of at least 4 members (excludes halogenated alkanes) is 3. The second-order valence-corrected chi connectivity index (χ2v) is 9.12. The summed E-state index contributed by atoms with van der Waals surface area (Å²) in [5.74, 6) is 0.0811. The van der Waals surface area contributed by atoms with Crippen LogP contribution in [0.5, 0.6) is 0 Å². The molecule has 0 saturated carbocycles. The number of rotatable bonds is 10. The summed E-state index contributed by atoms with van der Waals surface area (Å²) in [5.41, 5.74) is 2.82. The minimum atomic E-state index is -0.469. The van der Waals surface area contributed by atoms with Crippen LogP contribution in [-0.2, 0) is 16.0 Å². The van der Waals surface area contributed by atoms with Gasteiger partial charge in [0.2, 0.25) is 5.91 Å². The molecular weight excluding hydrogens is 404 g/mol. The molecule has 0 radical (unpaired) electrons. The van der Waals surface area contributed by atoms with Crippen molar-refractivity contribution in [2.45, 2.75) is 64.9 Å². The monoisotopic (exact) mass is 438 g/mol. The molecule has 0 aliphatic heterocycles. The Labute approximate surface area is 189 Å². The van der Waals surface area contributed by atoms with Gasteiger partial charge < -0.3 is 20.4 Å². The minimum Gasteiger partial charge on any atom is -0.444 e. The van der Waals surface area contributed by atoms with Crippen molar-refractivity contribution in [2.75, 3.05) is 13.1 Å². The zero-order valence-corrected chi connectivity index (χ0v) is 19.3. The minimum absolute atomic E-state index is 0.0811. The van der Waals surface area contributed by atoms with E-state index in [4.69, 9.17) is 4.74 Å². The van der Waals surface area contributed by atoms with Crippen LogP contribution in [0.4, 0.5) is 4.79 Å². The van der Waals surface area contributed by atoms with E-state index in [1.54, 1.807) is 6.20 Å². The number of H-pyrrole nitrogens is 1. The number of hydrogen-bond acceptors (Lipinski definition) is 4. The second kappa shape index (κ2) is 11.0. The number of alkyl carbamates (subject to hydrolysis) is 1. The molecule has 172 valence electrons. The van der Waals surface area contributed by atoms with Gasteiger partial charge in [0.25, 0.3) is 0 Å². The number of aryl methyl sites for hydroxylation is 1. The third-order valence-electron chi connectivity index (χ3n) is 5.20. The van der Waals surface area contributed by atoms with Crippen LogP contribution in [-0.4, -0.2) is 40.7 Å². The third kappa shape index (κ3) is 7.25. The molecule has 0 unspecified atom stereocenters. The van der Waals surface area contributed by atoms with Gasteiger partial charge in [-0.15, -0.1) is 0 Å². The fourth-order valence-corrected chi connectivity index (χ4v) is 3.63. The first-order valence-corrected chi connectivity index (χ1v) is 11.4. The summed E-state index contributed by atoms with van der Waals surface area (Å²) in [4.78, 5) is 31.3. The number of amides is 2. The Bertz CT molecular complexity index is 1050. The van der Waals surface area contributed by atoms with E-state index in [1.807, 2.05) is 33.0 Å². The first-order valence-electron chi connectivity index (χ1n) is 11.4. The zero-order chi connectivity index (χ0) is 23.0. The second-order valence-electron chi connectivity index (χ2n) is 9.12. The first kappa shape index (κ1) is 23.6. The van der Waals surface area contributed by atoms with Gasteiger partial charge in [-0.3, -0.25) is 9.78 Å². The van der Waals surface area contributed by atoms with Crippen molar-refractivity contribution in [3.63, 3.8) is 0 Å². The highest BCUT2D eigenvalue weighted by Crippen LogP contribution is 2.25. The van der Waals surface area contributed by atoms with Crippen LogP contribution in [0.1, 0.15) is 58.4 Å². The van der Waals surface area contributed by atoms with E-state index < -0.39 is 5.60 Å². The number of ether oxygens (including phenoxy) is 1. The molecule has 0 bridgehead atoms. The van der Waals surface area contributed by atoms with Gasteiger partial charge >= 0.3 is 6.09 Å². The molecule has 0 spiro atoms. The summed E-state index contributed by atoms with van der Waals surface area (Å²) in [7, 11) is 0. The Morgan fingerprint density at radius 2 is 1.72 bits per heavy atom. The molecule has 7 nitrogen and oxygen atoms in total. The summed E-state index contributed by atoms with van der Waals surface area (Å²) in [5, 5.41) is 8.04. The van der Waals surface area contributed by atoms with Crippen LogP contribution in [0, 0.1) is 0 Å². The summed E-state index contributed by atoms with van der Waals surface area (Å²) in [6.45, 7) is 6.84. The summed E-state index contributed by atoms with van der Waals surface area (Å²) >= 11 is 0. The number of aromatic amines is 1. The maximum absolute atomic E-state index is 12.2. The molecule has 0 fully saturated rings. The van der Waals surface area contributed by atoms with Crippen molar-refractivity contribution < 1.29 is 14.3 Å². The molecule has 3 aromatic rings. The van der Waals surface area contributed by atoms with Crippen LogP contribution in [0.3, 0.4) is 0 Å². The number of nitrogens with one attached hydrogen (secondary N) is 3. The van der Waals surface area contributed by atoms with Crippen molar-refractivity contribution >= 4 is 33.8 Å². The number of carbonyl (C=O) groups excluding carboxylic acids is 2. The Morgan fingerprint density at radius 1 is 0.969 bits per heavy atom. The first-order chi connectivity index (χ1) is 15.3. The standard InChI is InChI=1S/C25H34N4O3/c1-25(2,3)32-24(31)28-14-7-5-4-6-13-27-23(30)11-9-18-8-10-19-20-17-26-15-12-21(20)29-22(19)16-18/h8,10,12,15-17,29H,4-7,9,11,13-14H2,1-3H3,(H,27,30)(H,28,31). The average molecular weight is 439 g/mol. The number of hydrogen-bond donors (Lipinski definition) is 3. The third-order valence-corrected chi connectivity index (χ3v) is 5.20. The summed E-state index contributed by atoms with van der Waals surface area (Å²) in [6, 6.07) is 8.27. The van der Waals surface area contributed by atoms with E-state index >= 15 is 0 Å². The molecule has 7 heteroatoms. The lowest BCUT2D eigenvalue weighted by Gasteiger charge is -2.19. The van der Waals surface area contributed by atoms with E-state index in [0.29, 0.717) is 25.9 Å². The highest BCUT2D eigenvalue weighted by atomic mass is 16.6. The Morgan fingerprint density at radius 3 is 2.47 bits per heavy atom. The van der Waals surface area contributed by atoms with Gasteiger partial charge in [-0.25, -0.2) is 4.79 Å². The number of aromatic nitrogens is 2. The number of carbonyl (C=O) groups is 2. The fraction of sp³-hybridized carbons (Fsp3) is 0.480. The maximum Gasteiger partial charge on any atom is 0.407 e. The van der Waals surface area contributed by atoms with Gasteiger partial charge in [0.15, 0.2) is 0 Å². The molecule has 2 amide bonds. The predicted molar refractivity (Wildman–Crippen MR) is 128 cm³/mol. The Hall–Kier alpha value is -3.09. The maximum atomic E-state index is 12.2. The van der Waals surface area contributed by atoms with Gasteiger partial charge in [0.05, 0.1) is 0 Å². The summed E-state index contributed by atoms with van der Waals surface area (Å²) < 4.78 is 5.20. The number of benzene rings is 1. The van der Waals surface area contributed by atoms with Crippen LogP contribution in [0.2, 0.25) is 0 Å². The molecule has 0 saturated heterocycles. The van der Waals surface area contributed by atoms with Crippen molar-refractivity contribution in [2.24, 2.45) is 0 Å². The van der Waals surface area contributed by atoms with Crippen LogP contribution in [0.25, 0.3) is 21.8 Å². The Kier molecular flexibility index (Phi) is 8.09. The van der Waals surface area contributed by atoms with Gasteiger partial charge in [-0.2, -0.15) is 0 Å². The van der Waals surface area contributed by atoms with Crippen LogP contribution < -0.4 is 10.6 Å². The van der Waals surface area contributed by atoms with E-state index in [9.17, 15) is 9.59 Å². The molecule has 0 atom stereocenters. The highest BCUT2D eigenvalue weighted by Gasteiger charge is 2.15. The highest BCUT2D eigenvalue weighted by molar-refractivity contribution is 6.06. The lowest BCUT2D eigenvalue weighted by molar-refractivity contribution is -0.121. The van der Waals surface area contributed by atoms with Crippen molar-refractivity contribution in [3.05, 3.63) is 42.2 Å². The van der Waals surface area contributed by atoms with E-state index in [0.717, 1.165) is 53.1 Å². The van der Waals surface area contributed by atoms with Crippen LogP contribution in [0.15, 0.2) is 36.7 Å². The SMILES string of the molecule is CC(C)(C)OC(=O)NCCCCCCNC(=O)CCc1ccc2c(c1)[nH]c1ccncc12. The van der Waals surface area contributed by atoms with Crippen molar-refractivity contribution in [1.82, 2.24) is 20.6 Å². The van der Waals surface area contributed by atoms with Gasteiger partial charge in [-0.05, 0) is 57.7 Å². The van der Waals surface area contributed by atoms with Crippen molar-refractivity contribution in [1.29, 1.82) is 0 Å². The Balaban J connectivity index is 1.27. The quantitative estimate of drug-likeness (QED) is 0.394. The predicted octanol–water partition coefficient (Wildman–Crippen LogP) is 4.85. The van der Waals surface area contributed by atoms with E-state index in [-0.39, 0.29) is 12.0 Å². The molecule has 32 heavy (non-hydrogen) atoms. The van der Waals surface area contributed by atoms with Gasteiger partial charge in [0.1, 0.15) is 5.60 Å². The zero-order valence-electron chi connectivity index (χ0n) is 19.3. The van der Waals surface area contributed by atoms with Gasteiger partial charge in [-0.1, -0.05) is 25.0 Å². The normalized spacial score (nSPS) is 11.6. The smallest absolute Gasteiger partial charge is 0.407 e. The van der Waals surface area contributed by atoms with E-state index in [1.165, 1.54) is 0 Å². The average Bonchev–Trinajstić information content (AvgIpc) is 3.10. The fourth-order valence-electron chi connectivity index (χ4n) is 3.63. The molecule has 3 N–H and O–H groups in total. The molecule has 0 aliphatic rings. The lowest BCUT2D eigenvalue weighted by atomic mass is 10.1. The summed E-state index contributed by atoms with van der Waals surface area (Å²) in [6.07, 6.45) is 8.34. The molecule has 2 heterocycles. The molecule has 3 rings (SSSR count). The lowest BCUT2D eigenvalue weighted by Crippen LogP contribution is -2.33. The topological polar surface area (TPSA) is 96.1 Å². The number of pyridine rings is 1.